The van der Waals surface area contributed by atoms with Gasteiger partial charge in [0, 0.05) is 5.57 Å². The van der Waals surface area contributed by atoms with E-state index in [1.54, 1.807) is 18.4 Å². The standard InChI is InChI=1S/C18H14N2O2S/c1-11(21)15-16(14-8-5-9-22-14)13(10-19)18(23)20-17(15)12-6-3-2-4-7-12/h2-9,16,19H,1H3,(H,20,23). The first-order valence-electron chi connectivity index (χ1n) is 7.08. The molecule has 114 valence electrons. The Hall–Kier alpha value is -2.75. The zero-order chi connectivity index (χ0) is 16.4. The molecule has 1 aromatic carbocycles. The van der Waals surface area contributed by atoms with Gasteiger partial charge in [-0.2, -0.15) is 0 Å². The van der Waals surface area contributed by atoms with Crippen LogP contribution in [0.5, 0.6) is 0 Å². The second kappa shape index (κ2) is 6.16. The van der Waals surface area contributed by atoms with Crippen molar-refractivity contribution in [1.29, 1.82) is 5.41 Å². The number of allylic oxidation sites excluding steroid dienone is 1. The van der Waals surface area contributed by atoms with E-state index in [1.807, 2.05) is 30.3 Å². The van der Waals surface area contributed by atoms with Gasteiger partial charge in [-0.05, 0) is 30.5 Å². The fourth-order valence-corrected chi connectivity index (χ4v) is 3.02. The third kappa shape index (κ3) is 2.68. The highest BCUT2D eigenvalue weighted by Gasteiger charge is 2.36. The van der Waals surface area contributed by atoms with Crippen LogP contribution in [0.1, 0.15) is 24.2 Å². The Morgan fingerprint density at radius 2 is 2.00 bits per heavy atom. The molecule has 0 aliphatic carbocycles. The molecule has 0 spiro atoms. The van der Waals surface area contributed by atoms with E-state index < -0.39 is 5.92 Å². The van der Waals surface area contributed by atoms with Gasteiger partial charge in [-0.25, -0.2) is 0 Å². The lowest BCUT2D eigenvalue weighted by Gasteiger charge is -2.29. The maximum Gasteiger partial charge on any atom is 0.159 e. The molecule has 1 aliphatic rings. The molecule has 0 bridgehead atoms. The molecule has 5 heteroatoms. The van der Waals surface area contributed by atoms with Crippen molar-refractivity contribution >= 4 is 34.6 Å². The molecule has 1 aliphatic heterocycles. The molecule has 0 saturated heterocycles. The fourth-order valence-electron chi connectivity index (χ4n) is 2.75. The first-order chi connectivity index (χ1) is 11.1. The predicted octanol–water partition coefficient (Wildman–Crippen LogP) is 3.47. The maximum atomic E-state index is 12.4. The van der Waals surface area contributed by atoms with Crippen LogP contribution in [-0.4, -0.2) is 16.6 Å². The monoisotopic (exact) mass is 322 g/mol. The van der Waals surface area contributed by atoms with Gasteiger partial charge in [-0.15, -0.1) is 0 Å². The SMILES string of the molecule is CC(=O)C1=C(c2ccccc2)NC(=S)C(=C=N)C1c1ccco1. The zero-order valence-corrected chi connectivity index (χ0v) is 13.2. The minimum absolute atomic E-state index is 0.104. The van der Waals surface area contributed by atoms with Gasteiger partial charge in [0.2, 0.25) is 0 Å². The predicted molar refractivity (Wildman–Crippen MR) is 92.5 cm³/mol. The molecule has 2 aromatic rings. The second-order valence-electron chi connectivity index (χ2n) is 5.15. The largest absolute Gasteiger partial charge is 0.468 e. The number of furan rings is 1. The van der Waals surface area contributed by atoms with Crippen molar-refractivity contribution in [3.63, 3.8) is 0 Å². The molecule has 1 unspecified atom stereocenters. The highest BCUT2D eigenvalue weighted by Crippen LogP contribution is 2.39. The summed E-state index contributed by atoms with van der Waals surface area (Å²) >= 11 is 5.38. The van der Waals surface area contributed by atoms with Crippen molar-refractivity contribution < 1.29 is 9.21 Å². The number of Topliss-reactive ketones (excluding diaryl/α,β-unsaturated/α-hetero) is 1. The summed E-state index contributed by atoms with van der Waals surface area (Å²) < 4.78 is 5.50. The van der Waals surface area contributed by atoms with Gasteiger partial charge in [0.25, 0.3) is 0 Å². The van der Waals surface area contributed by atoms with Crippen LogP contribution >= 0.6 is 12.2 Å². The lowest BCUT2D eigenvalue weighted by atomic mass is 9.81. The Balaban J connectivity index is 2.30. The van der Waals surface area contributed by atoms with Gasteiger partial charge in [0.15, 0.2) is 5.78 Å². The Morgan fingerprint density at radius 1 is 1.26 bits per heavy atom. The molecule has 1 aromatic heterocycles. The maximum absolute atomic E-state index is 12.4. The van der Waals surface area contributed by atoms with E-state index in [0.717, 1.165) is 5.56 Å². The average Bonchev–Trinajstić information content (AvgIpc) is 3.08. The molecule has 2 N–H and O–H groups in total. The number of benzene rings is 1. The molecule has 0 fully saturated rings. The molecular formula is C18H14N2O2S. The van der Waals surface area contributed by atoms with Gasteiger partial charge in [-0.3, -0.25) is 10.2 Å². The summed E-state index contributed by atoms with van der Waals surface area (Å²) in [5, 5.41) is 10.7. The molecule has 0 amide bonds. The summed E-state index contributed by atoms with van der Waals surface area (Å²) in [7, 11) is 0. The molecule has 0 radical (unpaired) electrons. The summed E-state index contributed by atoms with van der Waals surface area (Å²) in [6.45, 7) is 1.51. The second-order valence-corrected chi connectivity index (χ2v) is 5.56. The van der Waals surface area contributed by atoms with Crippen molar-refractivity contribution in [1.82, 2.24) is 5.32 Å². The Kier molecular flexibility index (Phi) is 4.06. The van der Waals surface area contributed by atoms with E-state index in [9.17, 15) is 4.79 Å². The van der Waals surface area contributed by atoms with Crippen molar-refractivity contribution in [2.24, 2.45) is 0 Å². The van der Waals surface area contributed by atoms with E-state index in [4.69, 9.17) is 22.0 Å². The normalized spacial score (nSPS) is 17.7. The average molecular weight is 322 g/mol. The van der Waals surface area contributed by atoms with E-state index in [-0.39, 0.29) is 5.78 Å². The van der Waals surface area contributed by atoms with Crippen LogP contribution in [0.15, 0.2) is 64.3 Å². The van der Waals surface area contributed by atoms with Gasteiger partial charge in [0.05, 0.1) is 23.5 Å². The minimum Gasteiger partial charge on any atom is -0.468 e. The van der Waals surface area contributed by atoms with Crippen molar-refractivity contribution in [3.05, 3.63) is 71.2 Å². The molecular weight excluding hydrogens is 308 g/mol. The highest BCUT2D eigenvalue weighted by atomic mass is 32.1. The lowest BCUT2D eigenvalue weighted by Crippen LogP contribution is -2.34. The summed E-state index contributed by atoms with van der Waals surface area (Å²) in [6, 6.07) is 13.1. The molecule has 1 atom stereocenters. The van der Waals surface area contributed by atoms with E-state index in [0.29, 0.717) is 27.6 Å². The molecule has 4 nitrogen and oxygen atoms in total. The Morgan fingerprint density at radius 3 is 2.57 bits per heavy atom. The number of ketones is 1. The van der Waals surface area contributed by atoms with Crippen molar-refractivity contribution in [2.45, 2.75) is 12.8 Å². The van der Waals surface area contributed by atoms with Gasteiger partial charge in [0.1, 0.15) is 10.7 Å². The van der Waals surface area contributed by atoms with E-state index >= 15 is 0 Å². The highest BCUT2D eigenvalue weighted by molar-refractivity contribution is 7.80. The number of hydrogen-bond donors (Lipinski definition) is 2. The Bertz CT molecular complexity index is 844. The molecule has 2 heterocycles. The first kappa shape index (κ1) is 15.2. The fraction of sp³-hybridized carbons (Fsp3) is 0.111. The third-order valence-electron chi connectivity index (χ3n) is 3.73. The minimum atomic E-state index is -0.524. The summed E-state index contributed by atoms with van der Waals surface area (Å²) in [5.41, 5.74) is 2.47. The molecule has 23 heavy (non-hydrogen) atoms. The number of nitrogens with one attached hydrogen (secondary N) is 2. The first-order valence-corrected chi connectivity index (χ1v) is 7.49. The van der Waals surface area contributed by atoms with E-state index in [2.05, 4.69) is 11.2 Å². The van der Waals surface area contributed by atoms with Crippen LogP contribution < -0.4 is 5.32 Å². The molecule has 3 rings (SSSR count). The van der Waals surface area contributed by atoms with E-state index in [1.165, 1.54) is 6.92 Å². The molecule has 0 saturated carbocycles. The van der Waals surface area contributed by atoms with Crippen LogP contribution in [0, 0.1) is 5.41 Å². The number of carbonyl (C=O) groups excluding carboxylic acids is 1. The number of hydrogen-bond acceptors (Lipinski definition) is 4. The number of carbonyl (C=O) groups is 1. The van der Waals surface area contributed by atoms with Crippen LogP contribution in [0.2, 0.25) is 0 Å². The topological polar surface area (TPSA) is 66.1 Å². The number of rotatable bonds is 3. The van der Waals surface area contributed by atoms with Gasteiger partial charge < -0.3 is 9.73 Å². The third-order valence-corrected chi connectivity index (χ3v) is 4.06. The van der Waals surface area contributed by atoms with Crippen LogP contribution in [0.4, 0.5) is 0 Å². The van der Waals surface area contributed by atoms with Crippen LogP contribution in [0.25, 0.3) is 5.70 Å². The lowest BCUT2D eigenvalue weighted by molar-refractivity contribution is -0.113. The summed E-state index contributed by atoms with van der Waals surface area (Å²) in [5.74, 6) is 2.31. The van der Waals surface area contributed by atoms with Gasteiger partial charge >= 0.3 is 0 Å². The van der Waals surface area contributed by atoms with Crippen molar-refractivity contribution in [2.75, 3.05) is 0 Å². The van der Waals surface area contributed by atoms with Gasteiger partial charge in [-0.1, -0.05) is 42.5 Å². The van der Waals surface area contributed by atoms with Crippen LogP contribution in [-0.2, 0) is 4.79 Å². The van der Waals surface area contributed by atoms with Crippen LogP contribution in [0.3, 0.4) is 0 Å². The van der Waals surface area contributed by atoms with Crippen molar-refractivity contribution in [3.8, 4) is 0 Å². The quantitative estimate of drug-likeness (QED) is 0.516. The Labute approximate surface area is 139 Å². The summed E-state index contributed by atoms with van der Waals surface area (Å²) in [4.78, 5) is 12.8. The number of thiocarbonyl (C=S) groups is 1. The summed E-state index contributed by atoms with van der Waals surface area (Å²) in [6.07, 6.45) is 1.54. The smallest absolute Gasteiger partial charge is 0.159 e. The zero-order valence-electron chi connectivity index (χ0n) is 12.4.